The van der Waals surface area contributed by atoms with E-state index in [1.54, 1.807) is 0 Å². The van der Waals surface area contributed by atoms with Crippen molar-refractivity contribution >= 4 is 17.6 Å². The zero-order chi connectivity index (χ0) is 15.7. The Morgan fingerprint density at radius 3 is 2.95 bits per heavy atom. The molecule has 2 aliphatic heterocycles. The number of hydrogen-bond donors (Lipinski definition) is 3. The van der Waals surface area contributed by atoms with Gasteiger partial charge in [0, 0.05) is 6.54 Å². The van der Waals surface area contributed by atoms with Crippen LogP contribution in [-0.4, -0.2) is 35.9 Å². The third-order valence-corrected chi connectivity index (χ3v) is 4.51. The molecule has 4 atom stereocenters. The van der Waals surface area contributed by atoms with Crippen LogP contribution in [-0.2, 0) is 4.74 Å². The fourth-order valence-corrected chi connectivity index (χ4v) is 3.15. The molecule has 120 valence electrons. The summed E-state index contributed by atoms with van der Waals surface area (Å²) in [7, 11) is 0. The van der Waals surface area contributed by atoms with Crippen molar-refractivity contribution in [2.24, 2.45) is 0 Å². The molecular formula is C15H18ClFN2O3. The molecule has 0 unspecified atom stereocenters. The first-order valence-electron chi connectivity index (χ1n) is 7.36. The van der Waals surface area contributed by atoms with Crippen LogP contribution in [0.4, 0.5) is 9.18 Å². The highest BCUT2D eigenvalue weighted by atomic mass is 35.5. The molecule has 0 saturated carbocycles. The molecule has 5 nitrogen and oxygen atoms in total. The summed E-state index contributed by atoms with van der Waals surface area (Å²) in [6, 6.07) is 3.75. The number of carbonyl (C=O) groups excluding carboxylic acids is 1. The number of fused-ring (bicyclic) bond motifs is 2. The molecule has 1 aromatic carbocycles. The topological polar surface area (TPSA) is 70.6 Å². The number of benzene rings is 1. The zero-order valence-electron chi connectivity index (χ0n) is 11.9. The van der Waals surface area contributed by atoms with Gasteiger partial charge in [0.2, 0.25) is 0 Å². The van der Waals surface area contributed by atoms with Crippen molar-refractivity contribution in [1.29, 1.82) is 0 Å². The maximum atomic E-state index is 13.3. The van der Waals surface area contributed by atoms with Crippen LogP contribution in [0.2, 0.25) is 5.02 Å². The minimum atomic E-state index is -0.992. The van der Waals surface area contributed by atoms with Gasteiger partial charge in [0.1, 0.15) is 5.82 Å². The van der Waals surface area contributed by atoms with Gasteiger partial charge in [0.05, 0.1) is 29.4 Å². The van der Waals surface area contributed by atoms with Crippen molar-refractivity contribution in [3.8, 4) is 0 Å². The van der Waals surface area contributed by atoms with Crippen molar-refractivity contribution in [3.63, 3.8) is 0 Å². The minimum absolute atomic E-state index is 0.00191. The van der Waals surface area contributed by atoms with E-state index in [1.165, 1.54) is 12.1 Å². The third kappa shape index (κ3) is 3.34. The Balaban J connectivity index is 1.47. The monoisotopic (exact) mass is 328 g/mol. The second-order valence-corrected chi connectivity index (χ2v) is 6.17. The van der Waals surface area contributed by atoms with Gasteiger partial charge in [-0.25, -0.2) is 9.18 Å². The van der Waals surface area contributed by atoms with Crippen LogP contribution in [0.1, 0.15) is 30.9 Å². The average Bonchev–Trinajstić information content (AvgIpc) is 3.10. The van der Waals surface area contributed by atoms with Gasteiger partial charge < -0.3 is 20.5 Å². The highest BCUT2D eigenvalue weighted by molar-refractivity contribution is 6.30. The van der Waals surface area contributed by atoms with Gasteiger partial charge in [-0.1, -0.05) is 17.7 Å². The molecule has 0 spiro atoms. The van der Waals surface area contributed by atoms with Gasteiger partial charge in [-0.3, -0.25) is 0 Å². The number of hydrogen-bond acceptors (Lipinski definition) is 3. The molecule has 2 fully saturated rings. The van der Waals surface area contributed by atoms with Crippen LogP contribution in [0.25, 0.3) is 0 Å². The van der Waals surface area contributed by atoms with Gasteiger partial charge in [-0.2, -0.15) is 0 Å². The molecule has 3 rings (SSSR count). The van der Waals surface area contributed by atoms with Crippen molar-refractivity contribution in [2.75, 3.05) is 6.54 Å². The average molecular weight is 329 g/mol. The Morgan fingerprint density at radius 2 is 2.32 bits per heavy atom. The van der Waals surface area contributed by atoms with Crippen molar-refractivity contribution in [3.05, 3.63) is 34.6 Å². The minimum Gasteiger partial charge on any atom is -0.387 e. The Labute approximate surface area is 132 Å². The fraction of sp³-hybridized carbons (Fsp3) is 0.533. The summed E-state index contributed by atoms with van der Waals surface area (Å²) in [4.78, 5) is 11.8. The van der Waals surface area contributed by atoms with Crippen LogP contribution in [0.15, 0.2) is 18.2 Å². The quantitative estimate of drug-likeness (QED) is 0.793. The van der Waals surface area contributed by atoms with Gasteiger partial charge in [-0.05, 0) is 37.0 Å². The lowest BCUT2D eigenvalue weighted by molar-refractivity contribution is 0.0979. The van der Waals surface area contributed by atoms with E-state index in [9.17, 15) is 14.3 Å². The Hall–Kier alpha value is -1.37. The largest absolute Gasteiger partial charge is 0.387 e. The summed E-state index contributed by atoms with van der Waals surface area (Å²) in [6.07, 6.45) is 2.24. The summed E-state index contributed by atoms with van der Waals surface area (Å²) in [5.41, 5.74) is 0.366. The lowest BCUT2D eigenvalue weighted by Crippen LogP contribution is -2.47. The number of halogens is 2. The molecule has 1 aromatic rings. The van der Waals surface area contributed by atoms with E-state index in [2.05, 4.69) is 10.6 Å². The number of carbonyl (C=O) groups is 1. The Kier molecular flexibility index (Phi) is 4.52. The summed E-state index contributed by atoms with van der Waals surface area (Å²) in [6.45, 7) is -0.00538. The van der Waals surface area contributed by atoms with Gasteiger partial charge in [0.15, 0.2) is 0 Å². The van der Waals surface area contributed by atoms with Crippen LogP contribution < -0.4 is 10.6 Å². The van der Waals surface area contributed by atoms with E-state index >= 15 is 0 Å². The van der Waals surface area contributed by atoms with Gasteiger partial charge >= 0.3 is 6.03 Å². The fourth-order valence-electron chi connectivity index (χ4n) is 3.04. The number of aliphatic hydroxyl groups is 1. The SMILES string of the molecule is O=C(NC[C@@H](O)c1ccc(Cl)c(F)c1)N[C@@H]1C[C@@H]2CC[C@@H]1O2. The van der Waals surface area contributed by atoms with Crippen molar-refractivity contribution in [2.45, 2.75) is 43.6 Å². The molecule has 7 heteroatoms. The molecule has 2 saturated heterocycles. The lowest BCUT2D eigenvalue weighted by Gasteiger charge is -2.21. The molecule has 22 heavy (non-hydrogen) atoms. The molecule has 0 aromatic heterocycles. The number of amides is 2. The second kappa shape index (κ2) is 6.40. The van der Waals surface area contributed by atoms with Crippen molar-refractivity contribution < 1.29 is 19.0 Å². The van der Waals surface area contributed by atoms with E-state index in [-0.39, 0.29) is 35.8 Å². The maximum absolute atomic E-state index is 13.3. The summed E-state index contributed by atoms with van der Waals surface area (Å²) < 4.78 is 19.0. The summed E-state index contributed by atoms with van der Waals surface area (Å²) in [5, 5.41) is 15.4. The first-order chi connectivity index (χ1) is 10.5. The molecule has 3 N–H and O–H groups in total. The van der Waals surface area contributed by atoms with E-state index in [1.807, 2.05) is 0 Å². The Morgan fingerprint density at radius 1 is 1.50 bits per heavy atom. The highest BCUT2D eigenvalue weighted by Crippen LogP contribution is 2.34. The summed E-state index contributed by atoms with van der Waals surface area (Å²) in [5.74, 6) is -0.596. The number of nitrogens with one attached hydrogen (secondary N) is 2. The van der Waals surface area contributed by atoms with Crippen LogP contribution >= 0.6 is 11.6 Å². The maximum Gasteiger partial charge on any atom is 0.315 e. The van der Waals surface area contributed by atoms with Gasteiger partial charge in [-0.15, -0.1) is 0 Å². The van der Waals surface area contributed by atoms with E-state index in [4.69, 9.17) is 16.3 Å². The van der Waals surface area contributed by atoms with Crippen LogP contribution in [0, 0.1) is 5.82 Å². The number of rotatable bonds is 4. The van der Waals surface area contributed by atoms with Crippen molar-refractivity contribution in [1.82, 2.24) is 10.6 Å². The van der Waals surface area contributed by atoms with E-state index in [0.717, 1.165) is 25.3 Å². The molecule has 2 bridgehead atoms. The first-order valence-corrected chi connectivity index (χ1v) is 7.73. The molecule has 0 radical (unpaired) electrons. The normalized spacial score (nSPS) is 27.7. The van der Waals surface area contributed by atoms with Crippen LogP contribution in [0.5, 0.6) is 0 Å². The molecule has 2 heterocycles. The zero-order valence-corrected chi connectivity index (χ0v) is 12.6. The molecule has 2 aliphatic rings. The predicted octanol–water partition coefficient (Wildman–Crippen LogP) is 2.13. The van der Waals surface area contributed by atoms with Crippen LogP contribution in [0.3, 0.4) is 0 Å². The van der Waals surface area contributed by atoms with Gasteiger partial charge in [0.25, 0.3) is 0 Å². The van der Waals surface area contributed by atoms with E-state index in [0.29, 0.717) is 5.56 Å². The van der Waals surface area contributed by atoms with E-state index < -0.39 is 11.9 Å². The summed E-state index contributed by atoms with van der Waals surface area (Å²) >= 11 is 5.59. The highest BCUT2D eigenvalue weighted by Gasteiger charge is 2.41. The Bertz CT molecular complexity index is 572. The molecule has 2 amide bonds. The first kappa shape index (κ1) is 15.5. The number of ether oxygens (including phenoxy) is 1. The third-order valence-electron chi connectivity index (χ3n) is 4.21. The standard InChI is InChI=1S/C15H18ClFN2O3/c16-10-3-1-8(5-11(10)17)13(20)7-18-15(21)19-12-6-9-2-4-14(12)22-9/h1,3,5,9,12-14,20H,2,4,6-7H2,(H2,18,19,21)/t9-,12+,13+,14-/m0/s1. The number of urea groups is 1. The molecular weight excluding hydrogens is 311 g/mol. The second-order valence-electron chi connectivity index (χ2n) is 5.76. The predicted molar refractivity (Wildman–Crippen MR) is 79.2 cm³/mol. The smallest absolute Gasteiger partial charge is 0.315 e. The molecule has 0 aliphatic carbocycles. The number of aliphatic hydroxyl groups excluding tert-OH is 1. The lowest BCUT2D eigenvalue weighted by atomic mass is 9.96.